The summed E-state index contributed by atoms with van der Waals surface area (Å²) < 4.78 is 4.32. The fraction of sp³-hybridized carbons (Fsp3) is 0.250. The molecule has 0 saturated heterocycles. The van der Waals surface area contributed by atoms with Gasteiger partial charge in [0.2, 0.25) is 0 Å². The Hall–Kier alpha value is -3.38. The zero-order valence-corrected chi connectivity index (χ0v) is 16.8. The molecule has 6 heteroatoms. The lowest BCUT2D eigenvalue weighted by Crippen LogP contribution is -2.12. The highest BCUT2D eigenvalue weighted by molar-refractivity contribution is 6.28. The summed E-state index contributed by atoms with van der Waals surface area (Å²) in [6.07, 6.45) is 5.15. The average molecular weight is 398 g/mol. The predicted molar refractivity (Wildman–Crippen MR) is 119 cm³/mol. The van der Waals surface area contributed by atoms with Crippen LogP contribution in [0.4, 0.5) is 0 Å². The van der Waals surface area contributed by atoms with Crippen LogP contribution in [0.2, 0.25) is 0 Å². The number of nitrogens with one attached hydrogen (secondary N) is 1. The topological polar surface area (TPSA) is 82.0 Å². The van der Waals surface area contributed by atoms with Gasteiger partial charge in [0, 0.05) is 53.8 Å². The molecule has 0 spiro atoms. The van der Waals surface area contributed by atoms with Gasteiger partial charge in [-0.2, -0.15) is 0 Å². The van der Waals surface area contributed by atoms with Crippen LogP contribution >= 0.6 is 0 Å². The summed E-state index contributed by atoms with van der Waals surface area (Å²) in [4.78, 5) is 25.8. The van der Waals surface area contributed by atoms with E-state index in [0.29, 0.717) is 25.2 Å². The zero-order chi connectivity index (χ0) is 20.6. The Morgan fingerprint density at radius 2 is 1.97 bits per heavy atom. The number of aryl methyl sites for hydroxylation is 2. The Balaban J connectivity index is 1.93. The number of hydrogen-bond donors (Lipinski definition) is 2. The van der Waals surface area contributed by atoms with Crippen LogP contribution in [-0.2, 0) is 20.1 Å². The lowest BCUT2D eigenvalue weighted by molar-refractivity contribution is 0.0963. The van der Waals surface area contributed by atoms with E-state index in [1.165, 1.54) is 0 Å². The summed E-state index contributed by atoms with van der Waals surface area (Å²) >= 11 is 0. The molecule has 0 unspecified atom stereocenters. The minimum Gasteiger partial charge on any atom is -0.348 e. The zero-order valence-electron chi connectivity index (χ0n) is 16.8. The summed E-state index contributed by atoms with van der Waals surface area (Å²) in [5.41, 5.74) is 12.4. The predicted octanol–water partition coefficient (Wildman–Crippen LogP) is 3.48. The average Bonchev–Trinajstić information content (AvgIpc) is 3.38. The number of nitrogens with zero attached hydrogens (tertiary/aromatic N) is 2. The maximum absolute atomic E-state index is 13.0. The second-order valence-electron chi connectivity index (χ2n) is 8.15. The number of para-hydroxylation sites is 1. The smallest absolute Gasteiger partial charge is 0.252 e. The van der Waals surface area contributed by atoms with Gasteiger partial charge in [0.05, 0.1) is 22.3 Å². The lowest BCUT2D eigenvalue weighted by Gasteiger charge is -2.11. The van der Waals surface area contributed by atoms with Gasteiger partial charge < -0.3 is 20.2 Å². The standard InChI is InChI=1S/C24H22N4O2/c1-27-21-14(7-4-9-17(21)29)19-20-15(12-26-24(20)30)18-13-6-2-3-8-16(13)28(11-5-10-25)23(18)22(19)27/h2-4,6-8H,5,9-12,25H2,1H3,(H,26,30). The summed E-state index contributed by atoms with van der Waals surface area (Å²) in [5.74, 6) is 0.0339. The third-order valence-corrected chi connectivity index (χ3v) is 6.57. The highest BCUT2D eigenvalue weighted by Crippen LogP contribution is 2.44. The molecule has 0 atom stereocenters. The van der Waals surface area contributed by atoms with Gasteiger partial charge in [0.25, 0.3) is 5.91 Å². The molecule has 0 fully saturated rings. The lowest BCUT2D eigenvalue weighted by atomic mass is 9.94. The quantitative estimate of drug-likeness (QED) is 0.554. The highest BCUT2D eigenvalue weighted by Gasteiger charge is 2.34. The maximum atomic E-state index is 13.0. The van der Waals surface area contributed by atoms with E-state index < -0.39 is 0 Å². The van der Waals surface area contributed by atoms with Crippen LogP contribution in [0.25, 0.3) is 38.8 Å². The Bertz CT molecular complexity index is 1450. The van der Waals surface area contributed by atoms with Gasteiger partial charge in [-0.05, 0) is 24.6 Å². The Morgan fingerprint density at radius 1 is 1.13 bits per heavy atom. The van der Waals surface area contributed by atoms with Crippen molar-refractivity contribution in [3.05, 3.63) is 52.7 Å². The fourth-order valence-corrected chi connectivity index (χ4v) is 5.41. The van der Waals surface area contributed by atoms with Crippen LogP contribution in [0.15, 0.2) is 30.3 Å². The molecule has 0 radical (unpaired) electrons. The van der Waals surface area contributed by atoms with Crippen molar-refractivity contribution in [2.24, 2.45) is 12.8 Å². The van der Waals surface area contributed by atoms with E-state index >= 15 is 0 Å². The number of nitrogens with two attached hydrogens (primary N) is 1. The number of carbonyl (C=O) groups excluding carboxylic acids is 2. The summed E-state index contributed by atoms with van der Waals surface area (Å²) in [7, 11) is 1.95. The van der Waals surface area contributed by atoms with E-state index in [1.807, 2.05) is 35.9 Å². The molecular formula is C24H22N4O2. The van der Waals surface area contributed by atoms with Crippen LogP contribution in [0.5, 0.6) is 0 Å². The number of Topliss-reactive ketones (excluding diaryl/α,β-unsaturated/α-hetero) is 1. The molecule has 1 amide bonds. The van der Waals surface area contributed by atoms with Gasteiger partial charge in [0.15, 0.2) is 5.78 Å². The first kappa shape index (κ1) is 17.5. The molecule has 2 aromatic heterocycles. The van der Waals surface area contributed by atoms with Crippen molar-refractivity contribution in [3.63, 3.8) is 0 Å². The van der Waals surface area contributed by atoms with Gasteiger partial charge in [-0.1, -0.05) is 30.4 Å². The number of rotatable bonds is 3. The molecule has 1 aliphatic heterocycles. The molecule has 3 N–H and O–H groups in total. The third kappa shape index (κ3) is 2.01. The number of benzene rings is 2. The number of aromatic nitrogens is 2. The highest BCUT2D eigenvalue weighted by atomic mass is 16.2. The van der Waals surface area contributed by atoms with Gasteiger partial charge in [0.1, 0.15) is 0 Å². The van der Waals surface area contributed by atoms with E-state index in [-0.39, 0.29) is 11.7 Å². The summed E-state index contributed by atoms with van der Waals surface area (Å²) in [6, 6.07) is 8.34. The minimum absolute atomic E-state index is 0.0597. The van der Waals surface area contributed by atoms with E-state index in [0.717, 1.165) is 62.4 Å². The molecule has 0 bridgehead atoms. The molecule has 6 rings (SSSR count). The number of amides is 1. The molecule has 1 aliphatic carbocycles. The van der Waals surface area contributed by atoms with E-state index in [2.05, 4.69) is 22.0 Å². The van der Waals surface area contributed by atoms with E-state index in [1.54, 1.807) is 0 Å². The molecule has 3 heterocycles. The molecule has 4 aromatic rings. The van der Waals surface area contributed by atoms with Crippen molar-refractivity contribution in [2.45, 2.75) is 25.9 Å². The maximum Gasteiger partial charge on any atom is 0.252 e. The first-order valence-corrected chi connectivity index (χ1v) is 10.4. The van der Waals surface area contributed by atoms with Crippen molar-refractivity contribution in [1.82, 2.24) is 14.5 Å². The molecule has 150 valence electrons. The summed E-state index contributed by atoms with van der Waals surface area (Å²) in [6.45, 7) is 1.90. The minimum atomic E-state index is -0.0597. The molecule has 30 heavy (non-hydrogen) atoms. The van der Waals surface area contributed by atoms with Crippen molar-refractivity contribution < 1.29 is 9.59 Å². The fourth-order valence-electron chi connectivity index (χ4n) is 5.41. The number of ketones is 1. The SMILES string of the molecule is Cn1c2c(c3c4c(c5c6ccccc6n(CCCN)c5c31)CNC4=O)C=CCC2=O. The van der Waals surface area contributed by atoms with Crippen LogP contribution in [0.3, 0.4) is 0 Å². The van der Waals surface area contributed by atoms with Crippen LogP contribution in [0, 0.1) is 0 Å². The second kappa shape index (κ2) is 6.06. The number of carbonyl (C=O) groups is 2. The first-order chi connectivity index (χ1) is 14.6. The molecular weight excluding hydrogens is 376 g/mol. The first-order valence-electron chi connectivity index (χ1n) is 10.4. The molecule has 2 aromatic carbocycles. The van der Waals surface area contributed by atoms with Crippen molar-refractivity contribution in [3.8, 4) is 0 Å². The van der Waals surface area contributed by atoms with Crippen molar-refractivity contribution in [2.75, 3.05) is 6.54 Å². The van der Waals surface area contributed by atoms with Gasteiger partial charge in [-0.25, -0.2) is 0 Å². The van der Waals surface area contributed by atoms with Crippen molar-refractivity contribution >= 4 is 50.5 Å². The van der Waals surface area contributed by atoms with E-state index in [9.17, 15) is 9.59 Å². The van der Waals surface area contributed by atoms with E-state index in [4.69, 9.17) is 5.73 Å². The normalized spacial score (nSPS) is 15.4. The monoisotopic (exact) mass is 398 g/mol. The Labute approximate surface area is 172 Å². The van der Waals surface area contributed by atoms with Crippen LogP contribution < -0.4 is 11.1 Å². The number of hydrogen-bond acceptors (Lipinski definition) is 3. The van der Waals surface area contributed by atoms with Gasteiger partial charge >= 0.3 is 0 Å². The van der Waals surface area contributed by atoms with Crippen molar-refractivity contribution in [1.29, 1.82) is 0 Å². The molecule has 2 aliphatic rings. The number of allylic oxidation sites excluding steroid dienone is 1. The van der Waals surface area contributed by atoms with Gasteiger partial charge in [-0.3, -0.25) is 9.59 Å². The summed E-state index contributed by atoms with van der Waals surface area (Å²) in [5, 5.41) is 6.17. The Morgan fingerprint density at radius 3 is 2.80 bits per heavy atom. The van der Waals surface area contributed by atoms with Crippen LogP contribution in [0.1, 0.15) is 44.8 Å². The largest absolute Gasteiger partial charge is 0.348 e. The molecule has 0 saturated carbocycles. The Kier molecular flexibility index (Phi) is 3.53. The van der Waals surface area contributed by atoms with Gasteiger partial charge in [-0.15, -0.1) is 0 Å². The van der Waals surface area contributed by atoms with Crippen LogP contribution in [-0.4, -0.2) is 27.4 Å². The second-order valence-corrected chi connectivity index (χ2v) is 8.15. The number of fused-ring (bicyclic) bond motifs is 10. The molecule has 6 nitrogen and oxygen atoms in total. The third-order valence-electron chi connectivity index (χ3n) is 6.57.